The fourth-order valence-corrected chi connectivity index (χ4v) is 4.58. The quantitative estimate of drug-likeness (QED) is 0.646. The Hall–Kier alpha value is -2.49. The summed E-state index contributed by atoms with van der Waals surface area (Å²) in [6.07, 6.45) is 0. The van der Waals surface area contributed by atoms with Gasteiger partial charge in [0.1, 0.15) is 17.6 Å². The summed E-state index contributed by atoms with van der Waals surface area (Å²) in [5.74, 6) is 0. The van der Waals surface area contributed by atoms with Gasteiger partial charge in [0, 0.05) is 13.1 Å². The van der Waals surface area contributed by atoms with Crippen LogP contribution in [0.5, 0.6) is 0 Å². The third-order valence-corrected chi connectivity index (χ3v) is 6.74. The van der Waals surface area contributed by atoms with Crippen molar-refractivity contribution in [3.05, 3.63) is 53.1 Å². The number of hydrogen-bond acceptors (Lipinski definition) is 6. The summed E-state index contributed by atoms with van der Waals surface area (Å²) in [6, 6.07) is 10.9. The van der Waals surface area contributed by atoms with Crippen molar-refractivity contribution < 1.29 is 18.0 Å². The Morgan fingerprint density at radius 2 is 1.89 bits per heavy atom. The van der Waals surface area contributed by atoms with Crippen LogP contribution in [-0.2, 0) is 21.4 Å². The Morgan fingerprint density at radius 1 is 1.11 bits per heavy atom. The maximum Gasteiger partial charge on any atom is 0.243 e. The van der Waals surface area contributed by atoms with Crippen molar-refractivity contribution in [3.8, 4) is 0 Å². The molecule has 0 radical (unpaired) electrons. The molecular formula is C19H22N4O4S. The highest BCUT2D eigenvalue weighted by molar-refractivity contribution is 7.89. The second kappa shape index (κ2) is 7.50. The van der Waals surface area contributed by atoms with Gasteiger partial charge in [-0.3, -0.25) is 0 Å². The summed E-state index contributed by atoms with van der Waals surface area (Å²) in [5, 5.41) is 8.08. The molecule has 1 aromatic heterocycles. The van der Waals surface area contributed by atoms with E-state index in [2.05, 4.69) is 16.4 Å². The Bertz CT molecular complexity index is 1100. The Balaban J connectivity index is 1.62. The molecule has 1 saturated heterocycles. The lowest BCUT2D eigenvalue weighted by molar-refractivity contribution is 0.0729. The van der Waals surface area contributed by atoms with Crippen molar-refractivity contribution in [1.82, 2.24) is 19.5 Å². The van der Waals surface area contributed by atoms with Gasteiger partial charge < -0.3 is 9.57 Å². The largest absolute Gasteiger partial charge is 0.390 e. The average Bonchev–Trinajstić information content (AvgIpc) is 3.11. The van der Waals surface area contributed by atoms with Crippen LogP contribution in [0.2, 0.25) is 0 Å². The van der Waals surface area contributed by atoms with E-state index in [9.17, 15) is 8.42 Å². The van der Waals surface area contributed by atoms with Crippen LogP contribution in [0.15, 0.2) is 41.3 Å². The molecule has 0 aliphatic carbocycles. The normalized spacial score (nSPS) is 15.8. The zero-order chi connectivity index (χ0) is 19.7. The van der Waals surface area contributed by atoms with Gasteiger partial charge in [0.05, 0.1) is 18.1 Å². The van der Waals surface area contributed by atoms with Crippen molar-refractivity contribution in [2.45, 2.75) is 25.3 Å². The van der Waals surface area contributed by atoms with Gasteiger partial charge in [-0.1, -0.05) is 28.6 Å². The molecule has 0 bridgehead atoms. The zero-order valence-corrected chi connectivity index (χ0v) is 16.6. The third-order valence-electron chi connectivity index (χ3n) is 4.84. The highest BCUT2D eigenvalue weighted by Gasteiger charge is 2.27. The third kappa shape index (κ3) is 3.60. The number of fused-ring (bicyclic) bond motifs is 1. The number of rotatable bonds is 5. The topological polar surface area (TPSA) is 86.5 Å². The van der Waals surface area contributed by atoms with Gasteiger partial charge in [-0.05, 0) is 48.4 Å². The summed E-state index contributed by atoms with van der Waals surface area (Å²) in [7, 11) is -3.60. The van der Waals surface area contributed by atoms with Crippen molar-refractivity contribution in [3.63, 3.8) is 0 Å². The number of benzene rings is 2. The van der Waals surface area contributed by atoms with E-state index in [-0.39, 0.29) is 4.90 Å². The molecule has 0 atom stereocenters. The first-order valence-corrected chi connectivity index (χ1v) is 10.5. The first-order chi connectivity index (χ1) is 13.4. The highest BCUT2D eigenvalue weighted by atomic mass is 32.2. The standard InChI is InChI=1S/C19H22N4O4S/c1-14-3-4-15(2)16(11-14)13-27-23-19-12-17(5-6-18(19)20-21-23)28(24,25)22-7-9-26-10-8-22/h3-6,11-12H,7-10,13H2,1-2H3. The Labute approximate surface area is 163 Å². The molecule has 4 rings (SSSR count). The minimum Gasteiger partial charge on any atom is -0.390 e. The van der Waals surface area contributed by atoms with E-state index in [1.807, 2.05) is 26.0 Å². The van der Waals surface area contributed by atoms with E-state index in [1.165, 1.54) is 9.15 Å². The number of sulfonamides is 1. The average molecular weight is 402 g/mol. The smallest absolute Gasteiger partial charge is 0.243 e. The second-order valence-corrected chi connectivity index (χ2v) is 8.77. The SMILES string of the molecule is Cc1ccc(C)c(COn2nnc3ccc(S(=O)(=O)N4CCOCC4)cc32)c1. The molecule has 9 heteroatoms. The van der Waals surface area contributed by atoms with Crippen LogP contribution < -0.4 is 4.84 Å². The van der Waals surface area contributed by atoms with Crippen LogP contribution in [0.25, 0.3) is 11.0 Å². The summed E-state index contributed by atoms with van der Waals surface area (Å²) >= 11 is 0. The highest BCUT2D eigenvalue weighted by Crippen LogP contribution is 2.21. The van der Waals surface area contributed by atoms with E-state index in [1.54, 1.807) is 18.2 Å². The lowest BCUT2D eigenvalue weighted by Gasteiger charge is -2.26. The van der Waals surface area contributed by atoms with Gasteiger partial charge >= 0.3 is 0 Å². The van der Waals surface area contributed by atoms with Gasteiger partial charge in [-0.25, -0.2) is 8.42 Å². The van der Waals surface area contributed by atoms with Gasteiger partial charge in [-0.15, -0.1) is 5.10 Å². The molecule has 0 unspecified atom stereocenters. The summed E-state index contributed by atoms with van der Waals surface area (Å²) < 4.78 is 32.5. The molecule has 8 nitrogen and oxygen atoms in total. The number of aromatic nitrogens is 3. The molecule has 1 fully saturated rings. The second-order valence-electron chi connectivity index (χ2n) is 6.83. The van der Waals surface area contributed by atoms with E-state index in [0.717, 1.165) is 16.7 Å². The number of hydrogen-bond donors (Lipinski definition) is 0. The number of aryl methyl sites for hydroxylation is 2. The molecule has 2 heterocycles. The van der Waals surface area contributed by atoms with Gasteiger partial charge in [0.25, 0.3) is 0 Å². The first kappa shape index (κ1) is 18.9. The van der Waals surface area contributed by atoms with E-state index in [0.29, 0.717) is 43.9 Å². The Morgan fingerprint density at radius 3 is 2.68 bits per heavy atom. The monoisotopic (exact) mass is 402 g/mol. The molecular weight excluding hydrogens is 380 g/mol. The lowest BCUT2D eigenvalue weighted by atomic mass is 10.1. The number of morpholine rings is 1. The van der Waals surface area contributed by atoms with Crippen molar-refractivity contribution in [2.24, 2.45) is 0 Å². The van der Waals surface area contributed by atoms with Crippen molar-refractivity contribution in [1.29, 1.82) is 0 Å². The van der Waals surface area contributed by atoms with Crippen LogP contribution in [0.4, 0.5) is 0 Å². The molecule has 3 aromatic rings. The zero-order valence-electron chi connectivity index (χ0n) is 15.8. The minimum atomic E-state index is -3.60. The molecule has 148 valence electrons. The summed E-state index contributed by atoms with van der Waals surface area (Å²) in [6.45, 7) is 5.86. The van der Waals surface area contributed by atoms with Crippen LogP contribution >= 0.6 is 0 Å². The molecule has 1 aliphatic rings. The molecule has 28 heavy (non-hydrogen) atoms. The van der Waals surface area contributed by atoms with E-state index in [4.69, 9.17) is 9.57 Å². The van der Waals surface area contributed by atoms with E-state index < -0.39 is 10.0 Å². The first-order valence-electron chi connectivity index (χ1n) is 9.08. The molecule has 1 aliphatic heterocycles. The fourth-order valence-electron chi connectivity index (χ4n) is 3.16. The van der Waals surface area contributed by atoms with Crippen LogP contribution in [0.3, 0.4) is 0 Å². The predicted molar refractivity (Wildman–Crippen MR) is 103 cm³/mol. The van der Waals surface area contributed by atoms with Crippen molar-refractivity contribution in [2.75, 3.05) is 26.3 Å². The molecule has 0 saturated carbocycles. The summed E-state index contributed by atoms with van der Waals surface area (Å²) in [4.78, 5) is 7.29. The predicted octanol–water partition coefficient (Wildman–Crippen LogP) is 1.70. The fraction of sp³-hybridized carbons (Fsp3) is 0.368. The number of nitrogens with zero attached hydrogens (tertiary/aromatic N) is 4. The minimum absolute atomic E-state index is 0.195. The van der Waals surface area contributed by atoms with Gasteiger partial charge in [0.15, 0.2) is 0 Å². The Kier molecular flexibility index (Phi) is 5.05. The summed E-state index contributed by atoms with van der Waals surface area (Å²) in [5.41, 5.74) is 4.39. The molecule has 0 spiro atoms. The van der Waals surface area contributed by atoms with E-state index >= 15 is 0 Å². The molecule has 0 N–H and O–H groups in total. The van der Waals surface area contributed by atoms with Crippen LogP contribution in [0, 0.1) is 13.8 Å². The molecule has 2 aromatic carbocycles. The maximum atomic E-state index is 12.9. The lowest BCUT2D eigenvalue weighted by Crippen LogP contribution is -2.40. The van der Waals surface area contributed by atoms with Gasteiger partial charge in [0.2, 0.25) is 10.0 Å². The number of ether oxygens (including phenoxy) is 1. The van der Waals surface area contributed by atoms with Crippen LogP contribution in [0.1, 0.15) is 16.7 Å². The maximum absolute atomic E-state index is 12.9. The van der Waals surface area contributed by atoms with Crippen LogP contribution in [-0.4, -0.2) is 54.2 Å². The molecule has 0 amide bonds. The van der Waals surface area contributed by atoms with Gasteiger partial charge in [-0.2, -0.15) is 4.31 Å². The van der Waals surface area contributed by atoms with Crippen molar-refractivity contribution >= 4 is 21.1 Å².